The van der Waals surface area contributed by atoms with E-state index in [1.807, 2.05) is 0 Å². The van der Waals surface area contributed by atoms with Gasteiger partial charge in [0.25, 0.3) is 0 Å². The smallest absolute Gasteiger partial charge is 0.203 e. The molecule has 3 nitrogen and oxygen atoms in total. The van der Waals surface area contributed by atoms with E-state index in [9.17, 15) is 18.0 Å². The Kier molecular flexibility index (Phi) is 3.36. The number of halogens is 3. The topological polar surface area (TPSA) is 39.4 Å². The number of hydrogen-bond acceptors (Lipinski definition) is 3. The molecule has 0 aliphatic heterocycles. The van der Waals surface area contributed by atoms with Crippen LogP contribution < -0.4 is 4.74 Å². The van der Waals surface area contributed by atoms with E-state index in [1.54, 1.807) is 0 Å². The number of aldehydes is 1. The average Bonchev–Trinajstić information content (AvgIpc) is 2.83. The van der Waals surface area contributed by atoms with Gasteiger partial charge in [-0.15, -0.1) is 0 Å². The molecule has 2 aromatic rings. The number of rotatable bonds is 4. The molecule has 0 aliphatic rings. The highest BCUT2D eigenvalue weighted by atomic mass is 19.2. The molecule has 0 spiro atoms. The minimum Gasteiger partial charge on any atom is -0.482 e. The zero-order valence-corrected chi connectivity index (χ0v) is 8.95. The highest BCUT2D eigenvalue weighted by Crippen LogP contribution is 2.22. The van der Waals surface area contributed by atoms with Crippen molar-refractivity contribution in [2.75, 3.05) is 0 Å². The van der Waals surface area contributed by atoms with Crippen LogP contribution >= 0.6 is 0 Å². The second-order valence-electron chi connectivity index (χ2n) is 3.38. The van der Waals surface area contributed by atoms with Crippen molar-refractivity contribution in [3.05, 3.63) is 53.2 Å². The Labute approximate surface area is 99.8 Å². The molecular weight excluding hydrogens is 249 g/mol. The van der Waals surface area contributed by atoms with Crippen LogP contribution in [-0.4, -0.2) is 6.29 Å². The van der Waals surface area contributed by atoms with Crippen LogP contribution in [0.5, 0.6) is 5.75 Å². The summed E-state index contributed by atoms with van der Waals surface area (Å²) >= 11 is 0. The molecule has 0 radical (unpaired) electrons. The lowest BCUT2D eigenvalue weighted by Crippen LogP contribution is -1.99. The molecule has 0 saturated carbocycles. The molecule has 94 valence electrons. The number of ether oxygens (including phenoxy) is 1. The first-order valence-electron chi connectivity index (χ1n) is 4.92. The molecule has 1 heterocycles. The fourth-order valence-electron chi connectivity index (χ4n) is 1.30. The molecule has 0 unspecified atom stereocenters. The third-order valence-corrected chi connectivity index (χ3v) is 2.17. The number of carbonyl (C=O) groups is 1. The van der Waals surface area contributed by atoms with Crippen molar-refractivity contribution in [2.45, 2.75) is 6.61 Å². The van der Waals surface area contributed by atoms with E-state index in [-0.39, 0.29) is 18.1 Å². The molecule has 18 heavy (non-hydrogen) atoms. The lowest BCUT2D eigenvalue weighted by molar-refractivity contribution is 0.109. The zero-order valence-electron chi connectivity index (χ0n) is 8.95. The van der Waals surface area contributed by atoms with E-state index in [0.29, 0.717) is 6.29 Å². The first kappa shape index (κ1) is 12.2. The number of benzene rings is 1. The molecule has 0 N–H and O–H groups in total. The Morgan fingerprint density at radius 3 is 2.56 bits per heavy atom. The van der Waals surface area contributed by atoms with Crippen LogP contribution in [-0.2, 0) is 6.61 Å². The third kappa shape index (κ3) is 2.37. The highest BCUT2D eigenvalue weighted by molar-refractivity contribution is 5.70. The van der Waals surface area contributed by atoms with E-state index in [2.05, 4.69) is 0 Å². The predicted octanol–water partition coefficient (Wildman–Crippen LogP) is 3.09. The van der Waals surface area contributed by atoms with E-state index >= 15 is 0 Å². The zero-order chi connectivity index (χ0) is 13.1. The SMILES string of the molecule is O=Cc1ccc(COc2ccc(F)c(F)c2F)o1. The summed E-state index contributed by atoms with van der Waals surface area (Å²) in [6, 6.07) is 4.60. The van der Waals surface area contributed by atoms with E-state index < -0.39 is 23.2 Å². The van der Waals surface area contributed by atoms with Crippen molar-refractivity contribution in [1.82, 2.24) is 0 Å². The van der Waals surface area contributed by atoms with Crippen LogP contribution in [0.4, 0.5) is 13.2 Å². The highest BCUT2D eigenvalue weighted by Gasteiger charge is 2.14. The number of furan rings is 1. The number of hydrogen-bond donors (Lipinski definition) is 0. The molecule has 0 amide bonds. The molecular formula is C12H7F3O3. The van der Waals surface area contributed by atoms with Crippen molar-refractivity contribution in [2.24, 2.45) is 0 Å². The van der Waals surface area contributed by atoms with Gasteiger partial charge < -0.3 is 9.15 Å². The average molecular weight is 256 g/mol. The Balaban J connectivity index is 2.10. The lowest BCUT2D eigenvalue weighted by Gasteiger charge is -2.06. The Morgan fingerprint density at radius 2 is 1.89 bits per heavy atom. The van der Waals surface area contributed by atoms with Gasteiger partial charge in [0.05, 0.1) is 0 Å². The van der Waals surface area contributed by atoms with Gasteiger partial charge >= 0.3 is 0 Å². The summed E-state index contributed by atoms with van der Waals surface area (Å²) in [5.74, 6) is -4.36. The largest absolute Gasteiger partial charge is 0.482 e. The number of carbonyl (C=O) groups excluding carboxylic acids is 1. The predicted molar refractivity (Wildman–Crippen MR) is 54.7 cm³/mol. The molecule has 1 aromatic heterocycles. The van der Waals surface area contributed by atoms with Crippen LogP contribution in [0, 0.1) is 17.5 Å². The van der Waals surface area contributed by atoms with Crippen LogP contribution in [0.25, 0.3) is 0 Å². The standard InChI is InChI=1S/C12H7F3O3/c13-9-3-4-10(12(15)11(9)14)17-6-8-2-1-7(5-16)18-8/h1-5H,6H2. The van der Waals surface area contributed by atoms with Gasteiger partial charge in [-0.3, -0.25) is 4.79 Å². The van der Waals surface area contributed by atoms with Gasteiger partial charge in [0.2, 0.25) is 5.82 Å². The molecule has 0 bridgehead atoms. The van der Waals surface area contributed by atoms with Crippen molar-refractivity contribution >= 4 is 6.29 Å². The second-order valence-corrected chi connectivity index (χ2v) is 3.38. The second kappa shape index (κ2) is 4.95. The van der Waals surface area contributed by atoms with Crippen molar-refractivity contribution in [3.8, 4) is 5.75 Å². The van der Waals surface area contributed by atoms with E-state index in [1.165, 1.54) is 12.1 Å². The van der Waals surface area contributed by atoms with Crippen LogP contribution in [0.3, 0.4) is 0 Å². The van der Waals surface area contributed by atoms with E-state index in [4.69, 9.17) is 9.15 Å². The fourth-order valence-corrected chi connectivity index (χ4v) is 1.30. The van der Waals surface area contributed by atoms with Gasteiger partial charge in [0.15, 0.2) is 29.4 Å². The van der Waals surface area contributed by atoms with E-state index in [0.717, 1.165) is 12.1 Å². The monoisotopic (exact) mass is 256 g/mol. The van der Waals surface area contributed by atoms with Gasteiger partial charge in [-0.2, -0.15) is 4.39 Å². The first-order valence-corrected chi connectivity index (χ1v) is 4.92. The van der Waals surface area contributed by atoms with Crippen molar-refractivity contribution in [1.29, 1.82) is 0 Å². The van der Waals surface area contributed by atoms with Crippen LogP contribution in [0.2, 0.25) is 0 Å². The molecule has 0 aliphatic carbocycles. The maximum absolute atomic E-state index is 13.2. The van der Waals surface area contributed by atoms with Crippen LogP contribution in [0.1, 0.15) is 16.3 Å². The molecule has 0 atom stereocenters. The Bertz CT molecular complexity index is 578. The van der Waals surface area contributed by atoms with Crippen molar-refractivity contribution < 1.29 is 27.1 Å². The summed E-state index contributed by atoms with van der Waals surface area (Å²) in [6.45, 7) is -0.199. The van der Waals surface area contributed by atoms with Crippen LogP contribution in [0.15, 0.2) is 28.7 Å². The quantitative estimate of drug-likeness (QED) is 0.623. The van der Waals surface area contributed by atoms with Gasteiger partial charge in [-0.05, 0) is 24.3 Å². The first-order chi connectivity index (χ1) is 8.61. The maximum Gasteiger partial charge on any atom is 0.203 e. The summed E-state index contributed by atoms with van der Waals surface area (Å²) in [6.07, 6.45) is 0.502. The lowest BCUT2D eigenvalue weighted by atomic mass is 10.3. The van der Waals surface area contributed by atoms with Gasteiger partial charge in [-0.1, -0.05) is 0 Å². The maximum atomic E-state index is 13.2. The Morgan fingerprint density at radius 1 is 1.11 bits per heavy atom. The summed E-state index contributed by atoms with van der Waals surface area (Å²) < 4.78 is 48.6. The third-order valence-electron chi connectivity index (χ3n) is 2.17. The normalized spacial score (nSPS) is 10.4. The molecule has 0 saturated heterocycles. The van der Waals surface area contributed by atoms with Gasteiger partial charge in [0, 0.05) is 0 Å². The summed E-state index contributed by atoms with van der Waals surface area (Å²) in [4.78, 5) is 10.3. The van der Waals surface area contributed by atoms with Gasteiger partial charge in [-0.25, -0.2) is 8.78 Å². The molecule has 6 heteroatoms. The van der Waals surface area contributed by atoms with Crippen molar-refractivity contribution in [3.63, 3.8) is 0 Å². The molecule has 0 fully saturated rings. The molecule has 2 rings (SSSR count). The summed E-state index contributed by atoms with van der Waals surface area (Å²) in [5, 5.41) is 0. The summed E-state index contributed by atoms with van der Waals surface area (Å²) in [7, 11) is 0. The minimum absolute atomic E-state index is 0.0966. The fraction of sp³-hybridized carbons (Fsp3) is 0.0833. The Hall–Kier alpha value is -2.24. The van der Waals surface area contributed by atoms with Gasteiger partial charge in [0.1, 0.15) is 12.4 Å². The minimum atomic E-state index is -1.60. The molecule has 1 aromatic carbocycles. The summed E-state index contributed by atoms with van der Waals surface area (Å²) in [5.41, 5.74) is 0.